The van der Waals surface area contributed by atoms with Gasteiger partial charge in [-0.05, 0) is 49.3 Å². The van der Waals surface area contributed by atoms with Gasteiger partial charge in [0.25, 0.3) is 0 Å². The van der Waals surface area contributed by atoms with Crippen LogP contribution in [0.5, 0.6) is 0 Å². The van der Waals surface area contributed by atoms with Crippen molar-refractivity contribution in [3.63, 3.8) is 0 Å². The van der Waals surface area contributed by atoms with E-state index in [0.717, 1.165) is 37.8 Å². The lowest BCUT2D eigenvalue weighted by atomic mass is 9.99. The zero-order valence-corrected chi connectivity index (χ0v) is 12.5. The quantitative estimate of drug-likeness (QED) is 0.910. The number of benzene rings is 1. The number of carbonyl (C=O) groups is 1. The third-order valence-electron chi connectivity index (χ3n) is 4.85. The van der Waals surface area contributed by atoms with E-state index in [9.17, 15) is 9.18 Å². The zero-order chi connectivity index (χ0) is 15.0. The Balaban J connectivity index is 1.81. The summed E-state index contributed by atoms with van der Waals surface area (Å²) in [5, 5.41) is 0. The SMILES string of the molecule is CC1CC(c2cccc(F)c2)N(C(=O)C2CCC(N)C2)C1. The molecule has 4 atom stereocenters. The maximum absolute atomic E-state index is 13.5. The minimum absolute atomic E-state index is 0.0139. The number of carbonyl (C=O) groups excluding carboxylic acids is 1. The van der Waals surface area contributed by atoms with Crippen molar-refractivity contribution >= 4 is 5.91 Å². The van der Waals surface area contributed by atoms with Gasteiger partial charge < -0.3 is 10.6 Å². The molecular formula is C17H23FN2O. The highest BCUT2D eigenvalue weighted by Gasteiger charge is 2.39. The van der Waals surface area contributed by atoms with Crippen molar-refractivity contribution in [3.8, 4) is 0 Å². The molecule has 4 unspecified atom stereocenters. The topological polar surface area (TPSA) is 46.3 Å². The van der Waals surface area contributed by atoms with Gasteiger partial charge in [0.15, 0.2) is 0 Å². The number of hydrogen-bond donors (Lipinski definition) is 1. The predicted molar refractivity (Wildman–Crippen MR) is 80.0 cm³/mol. The molecule has 0 aromatic heterocycles. The van der Waals surface area contributed by atoms with Crippen molar-refractivity contribution in [2.24, 2.45) is 17.6 Å². The van der Waals surface area contributed by atoms with E-state index in [1.54, 1.807) is 12.1 Å². The maximum Gasteiger partial charge on any atom is 0.226 e. The Kier molecular flexibility index (Phi) is 3.98. The summed E-state index contributed by atoms with van der Waals surface area (Å²) in [6.45, 7) is 2.92. The average Bonchev–Trinajstić information content (AvgIpc) is 3.04. The van der Waals surface area contributed by atoms with Gasteiger partial charge in [-0.2, -0.15) is 0 Å². The molecule has 3 rings (SSSR count). The Morgan fingerprint density at radius 2 is 2.14 bits per heavy atom. The lowest BCUT2D eigenvalue weighted by Crippen LogP contribution is -2.36. The van der Waals surface area contributed by atoms with Crippen molar-refractivity contribution in [2.45, 2.75) is 44.7 Å². The fourth-order valence-electron chi connectivity index (χ4n) is 3.79. The molecule has 1 aliphatic carbocycles. The molecule has 1 aliphatic heterocycles. The number of likely N-dealkylation sites (tertiary alicyclic amines) is 1. The highest BCUT2D eigenvalue weighted by molar-refractivity contribution is 5.80. The Morgan fingerprint density at radius 3 is 2.81 bits per heavy atom. The van der Waals surface area contributed by atoms with Crippen molar-refractivity contribution in [1.82, 2.24) is 4.90 Å². The van der Waals surface area contributed by atoms with Crippen LogP contribution in [0.2, 0.25) is 0 Å². The van der Waals surface area contributed by atoms with E-state index in [-0.39, 0.29) is 29.7 Å². The van der Waals surface area contributed by atoms with E-state index >= 15 is 0 Å². The smallest absolute Gasteiger partial charge is 0.226 e. The number of halogens is 1. The van der Waals surface area contributed by atoms with Crippen LogP contribution in [0, 0.1) is 17.7 Å². The second-order valence-corrected chi connectivity index (χ2v) is 6.67. The summed E-state index contributed by atoms with van der Waals surface area (Å²) in [7, 11) is 0. The first-order valence-electron chi connectivity index (χ1n) is 7.86. The molecule has 1 aromatic rings. The first-order valence-corrected chi connectivity index (χ1v) is 7.86. The van der Waals surface area contributed by atoms with Gasteiger partial charge in [0, 0.05) is 18.5 Å². The first kappa shape index (κ1) is 14.5. The van der Waals surface area contributed by atoms with E-state index in [1.165, 1.54) is 6.07 Å². The monoisotopic (exact) mass is 290 g/mol. The molecule has 0 bridgehead atoms. The molecule has 1 heterocycles. The molecule has 1 saturated heterocycles. The molecule has 1 saturated carbocycles. The van der Waals surface area contributed by atoms with Crippen molar-refractivity contribution in [1.29, 1.82) is 0 Å². The van der Waals surface area contributed by atoms with Crippen LogP contribution in [0.3, 0.4) is 0 Å². The molecule has 2 fully saturated rings. The third-order valence-corrected chi connectivity index (χ3v) is 4.85. The molecule has 1 aromatic carbocycles. The predicted octanol–water partition coefficient (Wildman–Crippen LogP) is 2.86. The highest BCUT2D eigenvalue weighted by atomic mass is 19.1. The van der Waals surface area contributed by atoms with Gasteiger partial charge >= 0.3 is 0 Å². The molecule has 0 spiro atoms. The Morgan fingerprint density at radius 1 is 1.33 bits per heavy atom. The first-order chi connectivity index (χ1) is 10.0. The molecule has 114 valence electrons. The average molecular weight is 290 g/mol. The van der Waals surface area contributed by atoms with Crippen LogP contribution in [-0.2, 0) is 4.79 Å². The largest absolute Gasteiger partial charge is 0.335 e. The normalized spacial score (nSPS) is 32.6. The van der Waals surface area contributed by atoms with E-state index in [1.807, 2.05) is 11.0 Å². The summed E-state index contributed by atoms with van der Waals surface area (Å²) in [6, 6.07) is 6.83. The summed E-state index contributed by atoms with van der Waals surface area (Å²) in [6.07, 6.45) is 3.53. The van der Waals surface area contributed by atoms with Crippen molar-refractivity contribution < 1.29 is 9.18 Å². The number of amides is 1. The van der Waals surface area contributed by atoms with Crippen LogP contribution in [0.1, 0.15) is 44.2 Å². The fraction of sp³-hybridized carbons (Fsp3) is 0.588. The zero-order valence-electron chi connectivity index (χ0n) is 12.5. The molecule has 4 heteroatoms. The van der Waals surface area contributed by atoms with Gasteiger partial charge in [-0.3, -0.25) is 4.79 Å². The van der Waals surface area contributed by atoms with Gasteiger partial charge in [-0.25, -0.2) is 4.39 Å². The van der Waals surface area contributed by atoms with Gasteiger partial charge in [-0.15, -0.1) is 0 Å². The molecule has 1 amide bonds. The highest BCUT2D eigenvalue weighted by Crippen LogP contribution is 2.38. The van der Waals surface area contributed by atoms with Gasteiger partial charge in [-0.1, -0.05) is 19.1 Å². The Hall–Kier alpha value is -1.42. The number of rotatable bonds is 2. The van der Waals surface area contributed by atoms with Crippen LogP contribution < -0.4 is 5.73 Å². The minimum Gasteiger partial charge on any atom is -0.335 e. The molecule has 2 N–H and O–H groups in total. The van der Waals surface area contributed by atoms with Crippen LogP contribution in [0.15, 0.2) is 24.3 Å². The van der Waals surface area contributed by atoms with E-state index in [0.29, 0.717) is 5.92 Å². The van der Waals surface area contributed by atoms with Gasteiger partial charge in [0.2, 0.25) is 5.91 Å². The fourth-order valence-corrected chi connectivity index (χ4v) is 3.79. The number of nitrogens with two attached hydrogens (primary N) is 1. The lowest BCUT2D eigenvalue weighted by molar-refractivity contribution is -0.136. The van der Waals surface area contributed by atoms with Crippen molar-refractivity contribution in [3.05, 3.63) is 35.6 Å². The van der Waals surface area contributed by atoms with E-state index in [2.05, 4.69) is 6.92 Å². The molecule has 3 nitrogen and oxygen atoms in total. The molecule has 2 aliphatic rings. The standard InChI is InChI=1S/C17H23FN2O/c1-11-7-16(12-3-2-4-14(18)8-12)20(10-11)17(21)13-5-6-15(19)9-13/h2-4,8,11,13,15-16H,5-7,9-10,19H2,1H3. The van der Waals surface area contributed by atoms with Crippen LogP contribution in [-0.4, -0.2) is 23.4 Å². The molecule has 21 heavy (non-hydrogen) atoms. The minimum atomic E-state index is -0.234. The number of hydrogen-bond acceptors (Lipinski definition) is 2. The summed E-state index contributed by atoms with van der Waals surface area (Å²) < 4.78 is 13.5. The van der Waals surface area contributed by atoms with Crippen molar-refractivity contribution in [2.75, 3.05) is 6.54 Å². The maximum atomic E-state index is 13.5. The summed E-state index contributed by atoms with van der Waals surface area (Å²) in [5.74, 6) is 0.488. The lowest BCUT2D eigenvalue weighted by Gasteiger charge is -2.28. The second-order valence-electron chi connectivity index (χ2n) is 6.67. The van der Waals surface area contributed by atoms with Crippen LogP contribution >= 0.6 is 0 Å². The van der Waals surface area contributed by atoms with Gasteiger partial charge in [0.1, 0.15) is 5.82 Å². The third kappa shape index (κ3) is 2.95. The molecular weight excluding hydrogens is 267 g/mol. The van der Waals surface area contributed by atoms with E-state index in [4.69, 9.17) is 5.73 Å². The van der Waals surface area contributed by atoms with Crippen LogP contribution in [0.4, 0.5) is 4.39 Å². The summed E-state index contributed by atoms with van der Waals surface area (Å²) in [4.78, 5) is 14.7. The Labute approximate surface area is 125 Å². The second kappa shape index (κ2) is 5.76. The Bertz CT molecular complexity index is 533. The van der Waals surface area contributed by atoms with Crippen LogP contribution in [0.25, 0.3) is 0 Å². The number of nitrogens with zero attached hydrogens (tertiary/aromatic N) is 1. The summed E-state index contributed by atoms with van der Waals surface area (Å²) in [5.41, 5.74) is 6.85. The van der Waals surface area contributed by atoms with E-state index < -0.39 is 0 Å². The summed E-state index contributed by atoms with van der Waals surface area (Å²) >= 11 is 0. The van der Waals surface area contributed by atoms with Gasteiger partial charge in [0.05, 0.1) is 6.04 Å². The molecule has 0 radical (unpaired) electrons.